The van der Waals surface area contributed by atoms with Gasteiger partial charge < -0.3 is 4.74 Å². The van der Waals surface area contributed by atoms with E-state index in [1.165, 1.54) is 19.4 Å². The van der Waals surface area contributed by atoms with E-state index in [0.717, 1.165) is 0 Å². The van der Waals surface area contributed by atoms with Gasteiger partial charge in [0, 0.05) is 11.8 Å². The molecule has 1 heterocycles. The first-order chi connectivity index (χ1) is 8.61. The van der Waals surface area contributed by atoms with Gasteiger partial charge in [-0.2, -0.15) is 0 Å². The van der Waals surface area contributed by atoms with Crippen LogP contribution in [-0.4, -0.2) is 18.1 Å². The van der Waals surface area contributed by atoms with Crippen LogP contribution in [0.1, 0.15) is 15.9 Å². The molecule has 0 saturated carbocycles. The average molecular weight is 245 g/mol. The number of halogens is 1. The average Bonchev–Trinajstić information content (AvgIpc) is 2.41. The van der Waals surface area contributed by atoms with Crippen molar-refractivity contribution < 1.29 is 13.9 Å². The number of esters is 1. The number of carbonyl (C=O) groups excluding carboxylic acids is 1. The Morgan fingerprint density at radius 2 is 2.06 bits per heavy atom. The molecule has 18 heavy (non-hydrogen) atoms. The van der Waals surface area contributed by atoms with Crippen molar-refractivity contribution >= 4 is 5.97 Å². The van der Waals surface area contributed by atoms with E-state index in [4.69, 9.17) is 0 Å². The summed E-state index contributed by atoms with van der Waals surface area (Å²) in [6.45, 7) is 1.70. The van der Waals surface area contributed by atoms with E-state index in [1.54, 1.807) is 31.2 Å². The minimum atomic E-state index is -0.441. The molecule has 92 valence electrons. The van der Waals surface area contributed by atoms with Gasteiger partial charge in [0.2, 0.25) is 0 Å². The number of aromatic nitrogens is 1. The molecule has 0 bridgehead atoms. The Hall–Kier alpha value is -2.23. The zero-order chi connectivity index (χ0) is 13.1. The summed E-state index contributed by atoms with van der Waals surface area (Å²) in [6, 6.07) is 8.18. The lowest BCUT2D eigenvalue weighted by Crippen LogP contribution is -2.01. The maximum atomic E-state index is 13.4. The molecule has 0 unspecified atom stereocenters. The fourth-order valence-electron chi connectivity index (χ4n) is 1.56. The van der Waals surface area contributed by atoms with E-state index >= 15 is 0 Å². The summed E-state index contributed by atoms with van der Waals surface area (Å²) < 4.78 is 18.0. The molecule has 0 spiro atoms. The fourth-order valence-corrected chi connectivity index (χ4v) is 1.56. The van der Waals surface area contributed by atoms with Gasteiger partial charge in [-0.15, -0.1) is 0 Å². The van der Waals surface area contributed by atoms with Crippen LogP contribution in [0, 0.1) is 12.7 Å². The van der Waals surface area contributed by atoms with Gasteiger partial charge in [-0.05, 0) is 30.7 Å². The van der Waals surface area contributed by atoms with Gasteiger partial charge in [0.1, 0.15) is 5.82 Å². The normalized spacial score (nSPS) is 10.2. The summed E-state index contributed by atoms with van der Waals surface area (Å²) in [7, 11) is 1.31. The molecule has 2 rings (SSSR count). The number of hydrogen-bond acceptors (Lipinski definition) is 3. The van der Waals surface area contributed by atoms with Gasteiger partial charge in [-0.1, -0.05) is 12.1 Å². The summed E-state index contributed by atoms with van der Waals surface area (Å²) >= 11 is 0. The molecule has 0 fully saturated rings. The quantitative estimate of drug-likeness (QED) is 0.763. The minimum absolute atomic E-state index is 0.272. The molecule has 4 heteroatoms. The van der Waals surface area contributed by atoms with E-state index in [9.17, 15) is 9.18 Å². The molecule has 1 aromatic heterocycles. The summed E-state index contributed by atoms with van der Waals surface area (Å²) in [5.41, 5.74) is 2.25. The topological polar surface area (TPSA) is 39.2 Å². The second-order valence-electron chi connectivity index (χ2n) is 3.89. The van der Waals surface area contributed by atoms with E-state index in [-0.39, 0.29) is 5.82 Å². The van der Waals surface area contributed by atoms with Crippen LogP contribution >= 0.6 is 0 Å². The lowest BCUT2D eigenvalue weighted by molar-refractivity contribution is 0.0600. The molecular formula is C14H12FNO2. The second kappa shape index (κ2) is 4.96. The Kier molecular flexibility index (Phi) is 3.37. The van der Waals surface area contributed by atoms with Gasteiger partial charge in [0.05, 0.1) is 18.4 Å². The largest absolute Gasteiger partial charge is 0.465 e. The van der Waals surface area contributed by atoms with Gasteiger partial charge in [-0.25, -0.2) is 9.18 Å². The van der Waals surface area contributed by atoms with Gasteiger partial charge >= 0.3 is 5.97 Å². The van der Waals surface area contributed by atoms with Crippen molar-refractivity contribution in [3.63, 3.8) is 0 Å². The van der Waals surface area contributed by atoms with Crippen LogP contribution in [0.5, 0.6) is 0 Å². The Balaban J connectivity index is 2.34. The molecule has 0 aliphatic heterocycles. The monoisotopic (exact) mass is 245 g/mol. The minimum Gasteiger partial charge on any atom is -0.465 e. The molecule has 0 amide bonds. The third kappa shape index (κ3) is 2.37. The van der Waals surface area contributed by atoms with Crippen LogP contribution in [-0.2, 0) is 4.74 Å². The summed E-state index contributed by atoms with van der Waals surface area (Å²) in [5.74, 6) is -0.713. The fraction of sp³-hybridized carbons (Fsp3) is 0.143. The highest BCUT2D eigenvalue weighted by molar-refractivity contribution is 5.89. The zero-order valence-corrected chi connectivity index (χ0v) is 10.1. The van der Waals surface area contributed by atoms with Gasteiger partial charge in [0.15, 0.2) is 0 Å². The standard InChI is InChI=1S/C14H12FNO2/c1-9-3-4-10(7-12(9)15)13-6-5-11(8-16-13)14(17)18-2/h3-8H,1-2H3. The Morgan fingerprint density at radius 3 is 2.61 bits per heavy atom. The highest BCUT2D eigenvalue weighted by atomic mass is 19.1. The lowest BCUT2D eigenvalue weighted by atomic mass is 10.1. The molecule has 0 atom stereocenters. The number of nitrogens with zero attached hydrogens (tertiary/aromatic N) is 1. The van der Waals surface area contributed by atoms with Crippen LogP contribution in [0.4, 0.5) is 4.39 Å². The second-order valence-corrected chi connectivity index (χ2v) is 3.89. The molecule has 0 N–H and O–H groups in total. The van der Waals surface area contributed by atoms with E-state index in [0.29, 0.717) is 22.4 Å². The zero-order valence-electron chi connectivity index (χ0n) is 10.1. The van der Waals surface area contributed by atoms with Crippen LogP contribution in [0.2, 0.25) is 0 Å². The number of methoxy groups -OCH3 is 1. The van der Waals surface area contributed by atoms with E-state index in [1.807, 2.05) is 0 Å². The third-order valence-corrected chi connectivity index (χ3v) is 2.65. The van der Waals surface area contributed by atoms with Crippen molar-refractivity contribution in [2.75, 3.05) is 7.11 Å². The highest BCUT2D eigenvalue weighted by Gasteiger charge is 2.07. The van der Waals surface area contributed by atoms with Crippen LogP contribution in [0.15, 0.2) is 36.5 Å². The Morgan fingerprint density at radius 1 is 1.28 bits per heavy atom. The van der Waals surface area contributed by atoms with Crippen LogP contribution in [0.25, 0.3) is 11.3 Å². The number of pyridine rings is 1. The maximum absolute atomic E-state index is 13.4. The Bertz CT molecular complexity index is 579. The highest BCUT2D eigenvalue weighted by Crippen LogP contribution is 2.20. The molecule has 3 nitrogen and oxygen atoms in total. The van der Waals surface area contributed by atoms with Crippen molar-refractivity contribution in [3.8, 4) is 11.3 Å². The lowest BCUT2D eigenvalue weighted by Gasteiger charge is -2.04. The number of ether oxygens (including phenoxy) is 1. The SMILES string of the molecule is COC(=O)c1ccc(-c2ccc(C)c(F)c2)nc1. The molecule has 0 radical (unpaired) electrons. The molecule has 2 aromatic rings. The summed E-state index contributed by atoms with van der Waals surface area (Å²) in [6.07, 6.45) is 1.42. The van der Waals surface area contributed by atoms with Crippen LogP contribution < -0.4 is 0 Å². The van der Waals surface area contributed by atoms with E-state index in [2.05, 4.69) is 9.72 Å². The first-order valence-corrected chi connectivity index (χ1v) is 5.42. The number of aryl methyl sites for hydroxylation is 1. The summed E-state index contributed by atoms with van der Waals surface area (Å²) in [4.78, 5) is 15.4. The van der Waals surface area contributed by atoms with Crippen molar-refractivity contribution in [1.29, 1.82) is 0 Å². The number of hydrogen-bond donors (Lipinski definition) is 0. The van der Waals surface area contributed by atoms with Gasteiger partial charge in [-0.3, -0.25) is 4.98 Å². The first kappa shape index (κ1) is 12.2. The maximum Gasteiger partial charge on any atom is 0.339 e. The molecule has 1 aromatic carbocycles. The number of benzene rings is 1. The van der Waals surface area contributed by atoms with Crippen molar-refractivity contribution in [2.45, 2.75) is 6.92 Å². The first-order valence-electron chi connectivity index (χ1n) is 5.42. The molecule has 0 aliphatic rings. The van der Waals surface area contributed by atoms with Crippen LogP contribution in [0.3, 0.4) is 0 Å². The van der Waals surface area contributed by atoms with E-state index < -0.39 is 5.97 Å². The van der Waals surface area contributed by atoms with Crippen molar-refractivity contribution in [2.24, 2.45) is 0 Å². The number of rotatable bonds is 2. The molecular weight excluding hydrogens is 233 g/mol. The molecule has 0 saturated heterocycles. The summed E-state index contributed by atoms with van der Waals surface area (Å²) in [5, 5.41) is 0. The smallest absolute Gasteiger partial charge is 0.339 e. The predicted molar refractivity (Wildman–Crippen MR) is 65.7 cm³/mol. The Labute approximate surface area is 104 Å². The van der Waals surface area contributed by atoms with Crippen molar-refractivity contribution in [1.82, 2.24) is 4.98 Å². The predicted octanol–water partition coefficient (Wildman–Crippen LogP) is 2.98. The number of carbonyl (C=O) groups is 1. The third-order valence-electron chi connectivity index (χ3n) is 2.65. The molecule has 0 aliphatic carbocycles. The van der Waals surface area contributed by atoms with Gasteiger partial charge in [0.25, 0.3) is 0 Å². The van der Waals surface area contributed by atoms with Crippen molar-refractivity contribution in [3.05, 3.63) is 53.5 Å².